The Hall–Kier alpha value is -3.90. The highest BCUT2D eigenvalue weighted by Gasteiger charge is 2.26. The molecule has 2 heterocycles. The molecule has 5 aromatic rings. The number of aromatic nitrogens is 1. The van der Waals surface area contributed by atoms with Gasteiger partial charge >= 0.3 is 0 Å². The standard InChI is InChI=1S/C29H25N2O/c1-17-14-15-31(6)27(20(17)4)25-19(3)16-18(2)24-22-12-13-23(30-5)26(28(22)32-29(24)25)21-10-8-7-9-11-21/h7-16H,1-4,6H3/q+1. The molecular weight excluding hydrogens is 392 g/mol. The van der Waals surface area contributed by atoms with Crippen molar-refractivity contribution >= 4 is 27.6 Å². The van der Waals surface area contributed by atoms with E-state index in [2.05, 4.69) is 62.5 Å². The molecule has 0 N–H and O–H groups in total. The van der Waals surface area contributed by atoms with E-state index in [1.54, 1.807) is 0 Å². The molecule has 0 spiro atoms. The lowest BCUT2D eigenvalue weighted by molar-refractivity contribution is -0.660. The van der Waals surface area contributed by atoms with Crippen LogP contribution in [0.25, 0.3) is 49.2 Å². The lowest BCUT2D eigenvalue weighted by Gasteiger charge is -2.11. The molecule has 0 bridgehead atoms. The Balaban J connectivity index is 1.99. The Labute approximate surface area is 188 Å². The average Bonchev–Trinajstić information content (AvgIpc) is 3.18. The molecule has 3 heteroatoms. The highest BCUT2D eigenvalue weighted by molar-refractivity contribution is 6.16. The van der Waals surface area contributed by atoms with E-state index in [4.69, 9.17) is 11.0 Å². The summed E-state index contributed by atoms with van der Waals surface area (Å²) in [5, 5.41) is 2.17. The number of hydrogen-bond acceptors (Lipinski definition) is 1. The van der Waals surface area contributed by atoms with Crippen molar-refractivity contribution < 1.29 is 8.98 Å². The monoisotopic (exact) mass is 417 g/mol. The van der Waals surface area contributed by atoms with Crippen LogP contribution in [-0.2, 0) is 7.05 Å². The normalized spacial score (nSPS) is 11.2. The number of benzene rings is 3. The molecule has 0 amide bonds. The molecule has 0 aliphatic carbocycles. The molecule has 3 nitrogen and oxygen atoms in total. The minimum atomic E-state index is 0.607. The van der Waals surface area contributed by atoms with Crippen LogP contribution in [0.15, 0.2) is 65.2 Å². The Kier molecular flexibility index (Phi) is 4.60. The van der Waals surface area contributed by atoms with E-state index in [1.165, 1.54) is 27.9 Å². The fourth-order valence-corrected chi connectivity index (χ4v) is 4.88. The second-order valence-corrected chi connectivity index (χ2v) is 8.59. The zero-order valence-corrected chi connectivity index (χ0v) is 19.1. The minimum absolute atomic E-state index is 0.607. The maximum atomic E-state index is 7.76. The zero-order chi connectivity index (χ0) is 22.6. The molecule has 0 saturated carbocycles. The number of rotatable bonds is 2. The predicted octanol–water partition coefficient (Wildman–Crippen LogP) is 7.53. The summed E-state index contributed by atoms with van der Waals surface area (Å²) in [6.07, 6.45) is 2.11. The minimum Gasteiger partial charge on any atom is -0.456 e. The summed E-state index contributed by atoms with van der Waals surface area (Å²) in [5.74, 6) is 0. The van der Waals surface area contributed by atoms with Crippen LogP contribution in [0.2, 0.25) is 0 Å². The Bertz CT molecular complexity index is 1570. The van der Waals surface area contributed by atoms with E-state index in [0.717, 1.165) is 38.6 Å². The summed E-state index contributed by atoms with van der Waals surface area (Å²) in [6.45, 7) is 16.4. The average molecular weight is 418 g/mol. The molecule has 0 aliphatic heterocycles. The van der Waals surface area contributed by atoms with Gasteiger partial charge < -0.3 is 4.42 Å². The smallest absolute Gasteiger partial charge is 0.219 e. The van der Waals surface area contributed by atoms with Crippen LogP contribution in [0.5, 0.6) is 0 Å². The van der Waals surface area contributed by atoms with Gasteiger partial charge in [-0.3, -0.25) is 0 Å². The summed E-state index contributed by atoms with van der Waals surface area (Å²) in [4.78, 5) is 3.81. The molecular formula is C29H25N2O+. The van der Waals surface area contributed by atoms with Gasteiger partial charge in [-0.15, -0.1) is 0 Å². The van der Waals surface area contributed by atoms with Gasteiger partial charge in [-0.1, -0.05) is 48.5 Å². The lowest BCUT2D eigenvalue weighted by Crippen LogP contribution is -2.32. The Morgan fingerprint density at radius 2 is 1.56 bits per heavy atom. The van der Waals surface area contributed by atoms with Crippen molar-refractivity contribution in [3.8, 4) is 22.4 Å². The summed E-state index contributed by atoms with van der Waals surface area (Å²) in [5.41, 5.74) is 11.3. The first kappa shape index (κ1) is 20.0. The lowest BCUT2D eigenvalue weighted by atomic mass is 9.93. The SMILES string of the molecule is [C-]#[N+]c1ccc2c(oc3c(-c4c(C)c(C)cc[n+]4C)c(C)cc(C)c32)c1-c1ccccc1. The first-order valence-corrected chi connectivity index (χ1v) is 10.8. The van der Waals surface area contributed by atoms with Gasteiger partial charge in [0.2, 0.25) is 5.69 Å². The van der Waals surface area contributed by atoms with Crippen molar-refractivity contribution in [2.45, 2.75) is 27.7 Å². The third kappa shape index (κ3) is 2.84. The quantitative estimate of drug-likeness (QED) is 0.215. The van der Waals surface area contributed by atoms with Crippen LogP contribution in [-0.4, -0.2) is 0 Å². The van der Waals surface area contributed by atoms with E-state index < -0.39 is 0 Å². The van der Waals surface area contributed by atoms with Crippen LogP contribution in [0.4, 0.5) is 5.69 Å². The molecule has 32 heavy (non-hydrogen) atoms. The largest absolute Gasteiger partial charge is 0.456 e. The number of pyridine rings is 1. The Morgan fingerprint density at radius 3 is 2.28 bits per heavy atom. The highest BCUT2D eigenvalue weighted by atomic mass is 16.3. The summed E-state index contributed by atoms with van der Waals surface area (Å²) >= 11 is 0. The van der Waals surface area contributed by atoms with Crippen LogP contribution in [0.1, 0.15) is 22.3 Å². The highest BCUT2D eigenvalue weighted by Crippen LogP contribution is 2.45. The number of fused-ring (bicyclic) bond motifs is 3. The number of hydrogen-bond donors (Lipinski definition) is 0. The number of furan rings is 1. The van der Waals surface area contributed by atoms with E-state index in [1.807, 2.05) is 42.5 Å². The van der Waals surface area contributed by atoms with Crippen LogP contribution < -0.4 is 4.57 Å². The van der Waals surface area contributed by atoms with Crippen LogP contribution in [0.3, 0.4) is 0 Å². The summed E-state index contributed by atoms with van der Waals surface area (Å²) in [6, 6.07) is 18.4. The second-order valence-electron chi connectivity index (χ2n) is 8.59. The zero-order valence-electron chi connectivity index (χ0n) is 19.1. The molecule has 0 atom stereocenters. The van der Waals surface area contributed by atoms with Crippen LogP contribution >= 0.6 is 0 Å². The predicted molar refractivity (Wildman–Crippen MR) is 131 cm³/mol. The molecule has 2 aromatic heterocycles. The van der Waals surface area contributed by atoms with Crippen molar-refractivity contribution in [2.75, 3.05) is 0 Å². The van der Waals surface area contributed by atoms with Crippen molar-refractivity contribution in [3.63, 3.8) is 0 Å². The summed E-state index contributed by atoms with van der Waals surface area (Å²) < 4.78 is 8.90. The van der Waals surface area contributed by atoms with Gasteiger partial charge in [-0.2, -0.15) is 0 Å². The molecule has 0 fully saturated rings. The van der Waals surface area contributed by atoms with Crippen molar-refractivity contribution in [2.24, 2.45) is 7.05 Å². The third-order valence-electron chi connectivity index (χ3n) is 6.55. The molecule has 5 rings (SSSR count). The van der Waals surface area contributed by atoms with E-state index in [-0.39, 0.29) is 0 Å². The fraction of sp³-hybridized carbons (Fsp3) is 0.172. The van der Waals surface area contributed by atoms with Gasteiger partial charge in [-0.25, -0.2) is 9.41 Å². The molecule has 3 aromatic carbocycles. The first-order valence-electron chi connectivity index (χ1n) is 10.8. The van der Waals surface area contributed by atoms with E-state index in [9.17, 15) is 0 Å². The molecule has 156 valence electrons. The van der Waals surface area contributed by atoms with Crippen molar-refractivity contribution in [1.29, 1.82) is 0 Å². The summed E-state index contributed by atoms with van der Waals surface area (Å²) in [7, 11) is 2.09. The van der Waals surface area contributed by atoms with E-state index >= 15 is 0 Å². The van der Waals surface area contributed by atoms with Crippen molar-refractivity contribution in [1.82, 2.24) is 0 Å². The first-order chi connectivity index (χ1) is 15.4. The molecule has 0 aliphatic rings. The van der Waals surface area contributed by atoms with Gasteiger partial charge in [0.15, 0.2) is 11.9 Å². The van der Waals surface area contributed by atoms with Gasteiger partial charge in [0, 0.05) is 28.0 Å². The second kappa shape index (κ2) is 7.35. The maximum absolute atomic E-state index is 7.76. The Morgan fingerprint density at radius 1 is 0.812 bits per heavy atom. The van der Waals surface area contributed by atoms with Gasteiger partial charge in [-0.05, 0) is 49.9 Å². The number of aryl methyl sites for hydroxylation is 4. The van der Waals surface area contributed by atoms with Gasteiger partial charge in [0.1, 0.15) is 18.2 Å². The van der Waals surface area contributed by atoms with Gasteiger partial charge in [0.05, 0.1) is 12.1 Å². The topological polar surface area (TPSA) is 21.4 Å². The molecule has 0 radical (unpaired) electrons. The van der Waals surface area contributed by atoms with E-state index in [0.29, 0.717) is 5.69 Å². The van der Waals surface area contributed by atoms with Gasteiger partial charge in [0.25, 0.3) is 0 Å². The fourth-order valence-electron chi connectivity index (χ4n) is 4.88. The number of nitrogens with zero attached hydrogens (tertiary/aromatic N) is 2. The maximum Gasteiger partial charge on any atom is 0.219 e. The third-order valence-corrected chi connectivity index (χ3v) is 6.55. The molecule has 0 unspecified atom stereocenters. The van der Waals surface area contributed by atoms with Crippen LogP contribution in [0, 0.1) is 34.3 Å². The molecule has 0 saturated heterocycles. The van der Waals surface area contributed by atoms with Crippen molar-refractivity contribution in [3.05, 3.63) is 94.5 Å².